The zero-order chi connectivity index (χ0) is 13.7. The number of H-pyrrole nitrogens is 1. The molecule has 0 aliphatic heterocycles. The molecule has 0 radical (unpaired) electrons. The number of hydrazone groups is 1. The van der Waals surface area contributed by atoms with E-state index < -0.39 is 0 Å². The first-order valence-corrected chi connectivity index (χ1v) is 5.79. The number of hydrogen-bond acceptors (Lipinski definition) is 3. The van der Waals surface area contributed by atoms with E-state index in [-0.39, 0.29) is 18.2 Å². The summed E-state index contributed by atoms with van der Waals surface area (Å²) in [5.74, 6) is 0.890. The maximum absolute atomic E-state index is 11.6. The molecule has 0 aliphatic carbocycles. The van der Waals surface area contributed by atoms with Crippen molar-refractivity contribution in [3.05, 3.63) is 48.0 Å². The van der Waals surface area contributed by atoms with E-state index in [9.17, 15) is 4.79 Å². The van der Waals surface area contributed by atoms with Crippen molar-refractivity contribution in [2.75, 3.05) is 0 Å². The van der Waals surface area contributed by atoms with Gasteiger partial charge in [-0.3, -0.25) is 4.79 Å². The van der Waals surface area contributed by atoms with E-state index in [2.05, 4.69) is 15.5 Å². The fourth-order valence-corrected chi connectivity index (χ4v) is 1.54. The first-order valence-electron chi connectivity index (χ1n) is 5.79. The topological polar surface area (TPSA) is 81.4 Å². The van der Waals surface area contributed by atoms with Crippen LogP contribution >= 0.6 is 0 Å². The number of aryl methyl sites for hydroxylation is 1. The molecule has 1 amide bonds. The number of benzene rings is 1. The maximum atomic E-state index is 11.6. The predicted octanol–water partition coefficient (Wildman–Crippen LogP) is 0.467. The highest BCUT2D eigenvalue weighted by atomic mass is 16.3. The molecule has 3 N–H and O–H groups in total. The highest BCUT2D eigenvalue weighted by Crippen LogP contribution is 2.07. The number of rotatable bonds is 4. The molecule has 0 spiro atoms. The number of nitrogens with one attached hydrogen (secondary N) is 2. The number of phenols is 1. The third kappa shape index (κ3) is 3.67. The lowest BCUT2D eigenvalue weighted by molar-refractivity contribution is -0.689. The normalized spacial score (nSPS) is 10.8. The lowest BCUT2D eigenvalue weighted by Gasteiger charge is -1.98. The number of imidazole rings is 1. The van der Waals surface area contributed by atoms with Gasteiger partial charge >= 0.3 is 0 Å². The number of phenolic OH excluding ortho intramolecular Hbond substituents is 1. The van der Waals surface area contributed by atoms with Crippen LogP contribution in [0.25, 0.3) is 0 Å². The van der Waals surface area contributed by atoms with Crippen molar-refractivity contribution in [1.82, 2.24) is 10.4 Å². The zero-order valence-corrected chi connectivity index (χ0v) is 10.5. The van der Waals surface area contributed by atoms with E-state index in [1.54, 1.807) is 41.2 Å². The third-order valence-corrected chi connectivity index (χ3v) is 2.59. The molecule has 0 saturated heterocycles. The number of hydrogen-bond donors (Lipinski definition) is 3. The van der Waals surface area contributed by atoms with Crippen LogP contribution in [0.5, 0.6) is 5.75 Å². The number of nitrogens with zero attached hydrogens (tertiary/aromatic N) is 2. The molecule has 2 aromatic rings. The van der Waals surface area contributed by atoms with Gasteiger partial charge in [0.1, 0.15) is 18.1 Å². The summed E-state index contributed by atoms with van der Waals surface area (Å²) in [6.07, 6.45) is 5.08. The molecule has 19 heavy (non-hydrogen) atoms. The molecule has 6 heteroatoms. The van der Waals surface area contributed by atoms with Gasteiger partial charge in [-0.25, -0.2) is 15.0 Å². The van der Waals surface area contributed by atoms with Gasteiger partial charge in [-0.15, -0.1) is 0 Å². The van der Waals surface area contributed by atoms with Crippen LogP contribution in [0.1, 0.15) is 11.4 Å². The lowest BCUT2D eigenvalue weighted by atomic mass is 10.2. The molecule has 6 nitrogen and oxygen atoms in total. The van der Waals surface area contributed by atoms with Gasteiger partial charge in [-0.1, -0.05) is 0 Å². The van der Waals surface area contributed by atoms with Gasteiger partial charge in [0.05, 0.1) is 6.21 Å². The molecule has 1 heterocycles. The molecule has 1 aromatic carbocycles. The monoisotopic (exact) mass is 259 g/mol. The second-order valence-electron chi connectivity index (χ2n) is 4.06. The quantitative estimate of drug-likeness (QED) is 0.424. The number of aromatic amines is 1. The second kappa shape index (κ2) is 5.81. The van der Waals surface area contributed by atoms with Gasteiger partial charge in [-0.2, -0.15) is 5.10 Å². The Morgan fingerprint density at radius 3 is 2.84 bits per heavy atom. The van der Waals surface area contributed by atoms with E-state index in [1.807, 2.05) is 6.92 Å². The summed E-state index contributed by atoms with van der Waals surface area (Å²) >= 11 is 0. The van der Waals surface area contributed by atoms with Crippen molar-refractivity contribution in [3.63, 3.8) is 0 Å². The Kier molecular flexibility index (Phi) is 3.92. The standard InChI is InChI=1S/C13H14N4O2/c1-10-14-6-7-17(10)9-13(19)16-15-8-11-2-4-12(18)5-3-11/h2-8H,9H2,1H3,(H2,15,16,18,19)/p+1. The molecule has 98 valence electrons. The Hall–Kier alpha value is -2.63. The van der Waals surface area contributed by atoms with E-state index in [0.29, 0.717) is 0 Å². The minimum Gasteiger partial charge on any atom is -0.508 e. The Morgan fingerprint density at radius 1 is 1.47 bits per heavy atom. The summed E-state index contributed by atoms with van der Waals surface area (Å²) in [5, 5.41) is 13.0. The molecular weight excluding hydrogens is 244 g/mol. The van der Waals surface area contributed by atoms with Crippen molar-refractivity contribution in [3.8, 4) is 5.75 Å². The first-order chi connectivity index (χ1) is 9.15. The van der Waals surface area contributed by atoms with Gasteiger partial charge in [0, 0.05) is 6.92 Å². The van der Waals surface area contributed by atoms with Crippen molar-refractivity contribution in [2.24, 2.45) is 5.10 Å². The average molecular weight is 259 g/mol. The number of aromatic hydroxyl groups is 1. The molecule has 0 unspecified atom stereocenters. The largest absolute Gasteiger partial charge is 0.508 e. The average Bonchev–Trinajstić information content (AvgIpc) is 2.78. The summed E-state index contributed by atoms with van der Waals surface area (Å²) in [4.78, 5) is 14.6. The fraction of sp³-hybridized carbons (Fsp3) is 0.154. The van der Waals surface area contributed by atoms with E-state index in [4.69, 9.17) is 5.11 Å². The van der Waals surface area contributed by atoms with Crippen LogP contribution in [0.4, 0.5) is 0 Å². The molecule has 0 bridgehead atoms. The molecule has 0 saturated carbocycles. The minimum atomic E-state index is -0.206. The van der Waals surface area contributed by atoms with Gasteiger partial charge in [0.2, 0.25) is 0 Å². The van der Waals surface area contributed by atoms with Crippen LogP contribution in [0.15, 0.2) is 41.8 Å². The molecule has 2 rings (SSSR count). The Morgan fingerprint density at radius 2 is 2.21 bits per heavy atom. The summed E-state index contributed by atoms with van der Waals surface area (Å²) in [7, 11) is 0. The number of carbonyl (C=O) groups is 1. The number of carbonyl (C=O) groups excluding carboxylic acids is 1. The van der Waals surface area contributed by atoms with E-state index >= 15 is 0 Å². The van der Waals surface area contributed by atoms with Gasteiger partial charge in [0.15, 0.2) is 6.54 Å². The van der Waals surface area contributed by atoms with Gasteiger partial charge in [0.25, 0.3) is 11.7 Å². The summed E-state index contributed by atoms with van der Waals surface area (Å²) in [6, 6.07) is 6.52. The van der Waals surface area contributed by atoms with Crippen molar-refractivity contribution < 1.29 is 14.5 Å². The SMILES string of the molecule is Cc1[nH]cc[n+]1CC(=O)N/N=C/c1ccc(O)cc1. The van der Waals surface area contributed by atoms with Gasteiger partial charge < -0.3 is 5.11 Å². The van der Waals surface area contributed by atoms with Crippen LogP contribution in [0.2, 0.25) is 0 Å². The number of amides is 1. The van der Waals surface area contributed by atoms with Crippen LogP contribution in [0, 0.1) is 6.92 Å². The fourth-order valence-electron chi connectivity index (χ4n) is 1.54. The van der Waals surface area contributed by atoms with Crippen molar-refractivity contribution >= 4 is 12.1 Å². The van der Waals surface area contributed by atoms with Crippen LogP contribution in [0.3, 0.4) is 0 Å². The number of aromatic nitrogens is 2. The Balaban J connectivity index is 1.86. The van der Waals surface area contributed by atoms with Crippen LogP contribution in [-0.4, -0.2) is 22.2 Å². The summed E-state index contributed by atoms with van der Waals surface area (Å²) in [6.45, 7) is 2.09. The van der Waals surface area contributed by atoms with E-state index in [1.165, 1.54) is 6.21 Å². The summed E-state index contributed by atoms with van der Waals surface area (Å²) < 4.78 is 1.78. The highest BCUT2D eigenvalue weighted by Gasteiger charge is 2.09. The maximum Gasteiger partial charge on any atom is 0.282 e. The molecule has 0 atom stereocenters. The Bertz CT molecular complexity index is 587. The summed E-state index contributed by atoms with van der Waals surface area (Å²) in [5.41, 5.74) is 3.24. The molecule has 1 aromatic heterocycles. The highest BCUT2D eigenvalue weighted by molar-refractivity contribution is 5.82. The Labute approximate surface area is 110 Å². The second-order valence-corrected chi connectivity index (χ2v) is 4.06. The molecular formula is C13H15N4O2+. The molecule has 0 aliphatic rings. The lowest BCUT2D eigenvalue weighted by Crippen LogP contribution is -2.42. The first kappa shape index (κ1) is 12.8. The van der Waals surface area contributed by atoms with E-state index in [0.717, 1.165) is 11.4 Å². The third-order valence-electron chi connectivity index (χ3n) is 2.59. The predicted molar refractivity (Wildman–Crippen MR) is 69.6 cm³/mol. The zero-order valence-electron chi connectivity index (χ0n) is 10.5. The van der Waals surface area contributed by atoms with Crippen LogP contribution in [-0.2, 0) is 11.3 Å². The van der Waals surface area contributed by atoms with Crippen molar-refractivity contribution in [1.29, 1.82) is 0 Å². The van der Waals surface area contributed by atoms with Crippen molar-refractivity contribution in [2.45, 2.75) is 13.5 Å². The van der Waals surface area contributed by atoms with Gasteiger partial charge in [-0.05, 0) is 29.8 Å². The minimum absolute atomic E-state index is 0.195. The smallest absolute Gasteiger partial charge is 0.282 e. The van der Waals surface area contributed by atoms with Crippen LogP contribution < -0.4 is 9.99 Å². The molecule has 0 fully saturated rings.